The third-order valence-corrected chi connectivity index (χ3v) is 4.58. The van der Waals surface area contributed by atoms with Gasteiger partial charge in [0.1, 0.15) is 0 Å². The normalized spacial score (nSPS) is 16.8. The van der Waals surface area contributed by atoms with Crippen molar-refractivity contribution in [2.75, 3.05) is 12.0 Å². The van der Waals surface area contributed by atoms with Crippen LogP contribution in [-0.4, -0.2) is 13.3 Å². The number of nitrogens with zero attached hydrogens (tertiary/aromatic N) is 1. The van der Waals surface area contributed by atoms with E-state index in [1.165, 1.54) is 16.7 Å². The molecule has 2 nitrogen and oxygen atoms in total. The summed E-state index contributed by atoms with van der Waals surface area (Å²) in [5, 5.41) is 0. The molecule has 0 aromatic heterocycles. The lowest BCUT2D eigenvalue weighted by Crippen LogP contribution is -2.36. The topological polar surface area (TPSA) is 12.5 Å². The van der Waals surface area contributed by atoms with E-state index in [-0.39, 0.29) is 6.23 Å². The van der Waals surface area contributed by atoms with Gasteiger partial charge in [-0.15, -0.1) is 0 Å². The number of hydrogen-bond acceptors (Lipinski definition) is 2. The van der Waals surface area contributed by atoms with Crippen molar-refractivity contribution in [1.82, 2.24) is 0 Å². The molecule has 0 amide bonds. The van der Waals surface area contributed by atoms with E-state index in [4.69, 9.17) is 4.74 Å². The van der Waals surface area contributed by atoms with Gasteiger partial charge in [0, 0.05) is 12.8 Å². The van der Waals surface area contributed by atoms with Crippen LogP contribution in [0, 0.1) is 0 Å². The van der Waals surface area contributed by atoms with E-state index in [0.717, 1.165) is 11.4 Å². The van der Waals surface area contributed by atoms with Crippen molar-refractivity contribution in [2.24, 2.45) is 0 Å². The number of hydrogen-bond donors (Lipinski definition) is 0. The van der Waals surface area contributed by atoms with Crippen LogP contribution in [0.1, 0.15) is 11.1 Å². The zero-order valence-electron chi connectivity index (χ0n) is 14.7. The van der Waals surface area contributed by atoms with Crippen LogP contribution in [0.2, 0.25) is 0 Å². The standard InChI is InChI=1S/C24H21NO/c1-26-24-18-21(19-11-5-2-6-12-19)17-23(20-13-7-3-8-14-20)25(24)22-15-9-4-10-16-22/h2-18,24H,1H3. The van der Waals surface area contributed by atoms with Crippen molar-refractivity contribution in [2.45, 2.75) is 6.23 Å². The van der Waals surface area contributed by atoms with Crippen LogP contribution in [-0.2, 0) is 4.74 Å². The Morgan fingerprint density at radius 1 is 0.692 bits per heavy atom. The Morgan fingerprint density at radius 3 is 1.81 bits per heavy atom. The molecule has 0 saturated carbocycles. The van der Waals surface area contributed by atoms with Crippen molar-refractivity contribution < 1.29 is 4.74 Å². The van der Waals surface area contributed by atoms with Gasteiger partial charge in [0.05, 0.1) is 5.70 Å². The largest absolute Gasteiger partial charge is 0.358 e. The van der Waals surface area contributed by atoms with Crippen LogP contribution >= 0.6 is 0 Å². The first-order valence-corrected chi connectivity index (χ1v) is 8.78. The van der Waals surface area contributed by atoms with Crippen LogP contribution < -0.4 is 4.90 Å². The van der Waals surface area contributed by atoms with Crippen molar-refractivity contribution in [1.29, 1.82) is 0 Å². The van der Waals surface area contributed by atoms with Crippen LogP contribution in [0.4, 0.5) is 5.69 Å². The summed E-state index contributed by atoms with van der Waals surface area (Å²) < 4.78 is 5.87. The molecule has 0 spiro atoms. The first kappa shape index (κ1) is 16.4. The summed E-state index contributed by atoms with van der Waals surface area (Å²) >= 11 is 0. The highest BCUT2D eigenvalue weighted by atomic mass is 16.5. The van der Waals surface area contributed by atoms with Gasteiger partial charge in [-0.3, -0.25) is 0 Å². The van der Waals surface area contributed by atoms with Crippen molar-refractivity contribution >= 4 is 17.0 Å². The highest BCUT2D eigenvalue weighted by molar-refractivity contribution is 5.92. The number of anilines is 1. The summed E-state index contributed by atoms with van der Waals surface area (Å²) in [6, 6.07) is 31.3. The average Bonchev–Trinajstić information content (AvgIpc) is 2.74. The molecular weight excluding hydrogens is 318 g/mol. The quantitative estimate of drug-likeness (QED) is 0.613. The molecule has 2 heteroatoms. The molecule has 0 bridgehead atoms. The molecule has 4 rings (SSSR count). The minimum Gasteiger partial charge on any atom is -0.358 e. The maximum absolute atomic E-state index is 5.87. The third kappa shape index (κ3) is 3.19. The lowest BCUT2D eigenvalue weighted by atomic mass is 9.97. The van der Waals surface area contributed by atoms with Gasteiger partial charge in [-0.1, -0.05) is 78.9 Å². The highest BCUT2D eigenvalue weighted by Crippen LogP contribution is 2.36. The Balaban J connectivity index is 1.87. The second-order valence-electron chi connectivity index (χ2n) is 6.22. The molecule has 1 unspecified atom stereocenters. The molecule has 0 aliphatic carbocycles. The number of rotatable bonds is 4. The first-order valence-electron chi connectivity index (χ1n) is 8.78. The Labute approximate surface area is 154 Å². The smallest absolute Gasteiger partial charge is 0.154 e. The molecule has 3 aromatic carbocycles. The van der Waals surface area contributed by atoms with Crippen LogP contribution in [0.15, 0.2) is 103 Å². The first-order chi connectivity index (χ1) is 12.9. The van der Waals surface area contributed by atoms with Crippen molar-refractivity contribution in [3.63, 3.8) is 0 Å². The predicted molar refractivity (Wildman–Crippen MR) is 109 cm³/mol. The third-order valence-electron chi connectivity index (χ3n) is 4.58. The SMILES string of the molecule is COC1C=C(c2ccccc2)C=C(c2ccccc2)N1c1ccccc1. The second kappa shape index (κ2) is 7.42. The Kier molecular flexibility index (Phi) is 4.67. The fourth-order valence-electron chi connectivity index (χ4n) is 3.32. The molecule has 3 aromatic rings. The van der Waals surface area contributed by atoms with Gasteiger partial charge >= 0.3 is 0 Å². The monoisotopic (exact) mass is 339 g/mol. The second-order valence-corrected chi connectivity index (χ2v) is 6.22. The summed E-state index contributed by atoms with van der Waals surface area (Å²) in [6.45, 7) is 0. The fourth-order valence-corrected chi connectivity index (χ4v) is 3.32. The Hall–Kier alpha value is -3.10. The van der Waals surface area contributed by atoms with E-state index in [0.29, 0.717) is 0 Å². The minimum absolute atomic E-state index is 0.173. The fraction of sp³-hybridized carbons (Fsp3) is 0.0833. The van der Waals surface area contributed by atoms with E-state index in [9.17, 15) is 0 Å². The predicted octanol–water partition coefficient (Wildman–Crippen LogP) is 5.60. The molecule has 1 aliphatic rings. The van der Waals surface area contributed by atoms with E-state index < -0.39 is 0 Å². The van der Waals surface area contributed by atoms with E-state index in [2.05, 4.69) is 89.8 Å². The molecule has 0 saturated heterocycles. The number of methoxy groups -OCH3 is 1. The molecule has 1 atom stereocenters. The van der Waals surface area contributed by atoms with Crippen molar-refractivity contribution in [3.05, 3.63) is 114 Å². The molecule has 26 heavy (non-hydrogen) atoms. The zero-order chi connectivity index (χ0) is 17.8. The number of para-hydroxylation sites is 1. The van der Waals surface area contributed by atoms with E-state index in [1.807, 2.05) is 18.2 Å². The maximum Gasteiger partial charge on any atom is 0.154 e. The molecule has 1 aliphatic heterocycles. The minimum atomic E-state index is -0.173. The summed E-state index contributed by atoms with van der Waals surface area (Å²) in [7, 11) is 1.76. The summed E-state index contributed by atoms with van der Waals surface area (Å²) in [6.07, 6.45) is 4.25. The summed E-state index contributed by atoms with van der Waals surface area (Å²) in [5.41, 5.74) is 5.77. The molecule has 0 radical (unpaired) electrons. The zero-order valence-corrected chi connectivity index (χ0v) is 14.7. The number of allylic oxidation sites excluding steroid dienone is 2. The van der Waals surface area contributed by atoms with Gasteiger partial charge in [0.25, 0.3) is 0 Å². The molecule has 1 heterocycles. The van der Waals surface area contributed by atoms with Gasteiger partial charge in [0.15, 0.2) is 6.23 Å². The Bertz CT molecular complexity index is 914. The molecule has 0 N–H and O–H groups in total. The van der Waals surface area contributed by atoms with Crippen LogP contribution in [0.25, 0.3) is 11.3 Å². The van der Waals surface area contributed by atoms with Gasteiger partial charge in [0.2, 0.25) is 0 Å². The van der Waals surface area contributed by atoms with Gasteiger partial charge in [-0.2, -0.15) is 0 Å². The Morgan fingerprint density at radius 2 is 1.23 bits per heavy atom. The van der Waals surface area contributed by atoms with E-state index in [1.54, 1.807) is 7.11 Å². The molecule has 0 fully saturated rings. The molecule has 128 valence electrons. The van der Waals surface area contributed by atoms with Crippen molar-refractivity contribution in [3.8, 4) is 0 Å². The lowest BCUT2D eigenvalue weighted by Gasteiger charge is -2.36. The van der Waals surface area contributed by atoms with Gasteiger partial charge < -0.3 is 9.64 Å². The highest BCUT2D eigenvalue weighted by Gasteiger charge is 2.26. The number of benzene rings is 3. The number of ether oxygens (including phenoxy) is 1. The molecular formula is C24H21NO. The van der Waals surface area contributed by atoms with Crippen LogP contribution in [0.5, 0.6) is 0 Å². The summed E-state index contributed by atoms with van der Waals surface area (Å²) in [5.74, 6) is 0. The maximum atomic E-state index is 5.87. The lowest BCUT2D eigenvalue weighted by molar-refractivity contribution is 0.146. The summed E-state index contributed by atoms with van der Waals surface area (Å²) in [4.78, 5) is 2.24. The van der Waals surface area contributed by atoms with Gasteiger partial charge in [-0.05, 0) is 41.0 Å². The van der Waals surface area contributed by atoms with Crippen LogP contribution in [0.3, 0.4) is 0 Å². The average molecular weight is 339 g/mol. The van der Waals surface area contributed by atoms with E-state index >= 15 is 0 Å². The van der Waals surface area contributed by atoms with Gasteiger partial charge in [-0.25, -0.2) is 0 Å².